The van der Waals surface area contributed by atoms with Crippen LogP contribution in [0.25, 0.3) is 30.0 Å². The SMILES string of the molecule is C/C=C(\S/C(=C\C)c1sc(-c2ccc(-c3ccccc3F)s2)c(N)c1N)c1ccc(OCCCC)cc1F. The van der Waals surface area contributed by atoms with Gasteiger partial charge >= 0.3 is 0 Å². The van der Waals surface area contributed by atoms with Crippen LogP contribution in [0.3, 0.4) is 0 Å². The maximum absolute atomic E-state index is 15.1. The Morgan fingerprint density at radius 1 is 0.895 bits per heavy atom. The summed E-state index contributed by atoms with van der Waals surface area (Å²) >= 11 is 4.40. The highest BCUT2D eigenvalue weighted by Crippen LogP contribution is 2.51. The van der Waals surface area contributed by atoms with Gasteiger partial charge in [0.1, 0.15) is 17.4 Å². The lowest BCUT2D eigenvalue weighted by molar-refractivity contribution is 0.308. The second-order valence-corrected chi connectivity index (χ2v) is 11.7. The van der Waals surface area contributed by atoms with Crippen molar-refractivity contribution >= 4 is 55.6 Å². The molecule has 0 spiro atoms. The van der Waals surface area contributed by atoms with Crippen LogP contribution in [-0.2, 0) is 0 Å². The number of nitrogens with two attached hydrogens (primary N) is 2. The number of unbranched alkanes of at least 4 members (excludes halogenated alkanes) is 1. The molecule has 2 aromatic heterocycles. The Kier molecular flexibility index (Phi) is 9.31. The van der Waals surface area contributed by atoms with Gasteiger partial charge in [0.2, 0.25) is 0 Å². The van der Waals surface area contributed by atoms with Crippen LogP contribution in [0.5, 0.6) is 5.75 Å². The summed E-state index contributed by atoms with van der Waals surface area (Å²) in [6, 6.07) is 15.5. The second kappa shape index (κ2) is 12.7. The van der Waals surface area contributed by atoms with Crippen molar-refractivity contribution in [3.63, 3.8) is 0 Å². The van der Waals surface area contributed by atoms with E-state index in [4.69, 9.17) is 16.2 Å². The van der Waals surface area contributed by atoms with E-state index in [0.29, 0.717) is 34.9 Å². The summed E-state index contributed by atoms with van der Waals surface area (Å²) in [6.45, 7) is 6.46. The van der Waals surface area contributed by atoms with E-state index >= 15 is 4.39 Å². The number of anilines is 2. The highest BCUT2D eigenvalue weighted by atomic mass is 32.2. The molecule has 0 atom stereocenters. The Bertz CT molecular complexity index is 1490. The predicted molar refractivity (Wildman–Crippen MR) is 164 cm³/mol. The number of thiophene rings is 2. The molecule has 3 nitrogen and oxygen atoms in total. The van der Waals surface area contributed by atoms with Gasteiger partial charge in [0, 0.05) is 36.8 Å². The summed E-state index contributed by atoms with van der Waals surface area (Å²) in [6.07, 6.45) is 5.79. The number of nitrogen functional groups attached to an aromatic ring is 2. The van der Waals surface area contributed by atoms with Crippen molar-refractivity contribution in [2.75, 3.05) is 18.1 Å². The molecule has 4 aromatic rings. The molecule has 198 valence electrons. The number of halogens is 2. The fourth-order valence-corrected chi connectivity index (χ4v) is 7.30. The van der Waals surface area contributed by atoms with Crippen molar-refractivity contribution in [1.82, 2.24) is 0 Å². The molecule has 0 radical (unpaired) electrons. The van der Waals surface area contributed by atoms with E-state index in [2.05, 4.69) is 6.92 Å². The minimum Gasteiger partial charge on any atom is -0.493 e. The fourth-order valence-electron chi connectivity index (χ4n) is 3.83. The van der Waals surface area contributed by atoms with Crippen molar-refractivity contribution in [2.45, 2.75) is 33.6 Å². The summed E-state index contributed by atoms with van der Waals surface area (Å²) in [7, 11) is 0. The largest absolute Gasteiger partial charge is 0.493 e. The quantitative estimate of drug-likeness (QED) is 0.187. The van der Waals surface area contributed by atoms with E-state index in [9.17, 15) is 4.39 Å². The summed E-state index contributed by atoms with van der Waals surface area (Å²) in [4.78, 5) is 5.05. The fraction of sp³-hybridized carbons (Fsp3) is 0.200. The molecule has 38 heavy (non-hydrogen) atoms. The van der Waals surface area contributed by atoms with Crippen LogP contribution in [0.4, 0.5) is 20.2 Å². The first-order valence-corrected chi connectivity index (χ1v) is 14.8. The van der Waals surface area contributed by atoms with Crippen LogP contribution >= 0.6 is 34.4 Å². The van der Waals surface area contributed by atoms with Gasteiger partial charge < -0.3 is 16.2 Å². The maximum Gasteiger partial charge on any atom is 0.135 e. The van der Waals surface area contributed by atoms with Gasteiger partial charge in [0.25, 0.3) is 0 Å². The van der Waals surface area contributed by atoms with E-state index in [-0.39, 0.29) is 11.6 Å². The molecule has 0 bridgehead atoms. The van der Waals surface area contributed by atoms with Crippen molar-refractivity contribution in [2.24, 2.45) is 0 Å². The van der Waals surface area contributed by atoms with E-state index in [1.54, 1.807) is 24.3 Å². The Hall–Kier alpha value is -3.07. The maximum atomic E-state index is 15.1. The average Bonchev–Trinajstić information content (AvgIpc) is 3.51. The smallest absolute Gasteiger partial charge is 0.135 e. The van der Waals surface area contributed by atoms with E-state index < -0.39 is 0 Å². The number of rotatable bonds is 10. The van der Waals surface area contributed by atoms with E-state index in [0.717, 1.165) is 42.2 Å². The Balaban J connectivity index is 1.60. The van der Waals surface area contributed by atoms with Crippen molar-refractivity contribution < 1.29 is 13.5 Å². The van der Waals surface area contributed by atoms with Crippen LogP contribution in [0.15, 0.2) is 66.7 Å². The lowest BCUT2D eigenvalue weighted by Crippen LogP contribution is -1.98. The van der Waals surface area contributed by atoms with Crippen LogP contribution in [0.2, 0.25) is 0 Å². The van der Waals surface area contributed by atoms with Gasteiger partial charge in [-0.3, -0.25) is 0 Å². The Labute approximate surface area is 234 Å². The highest BCUT2D eigenvalue weighted by molar-refractivity contribution is 8.16. The van der Waals surface area contributed by atoms with Crippen molar-refractivity contribution in [3.8, 4) is 25.9 Å². The second-order valence-electron chi connectivity index (χ2n) is 8.48. The molecule has 8 heteroatoms. The highest BCUT2D eigenvalue weighted by Gasteiger charge is 2.21. The first kappa shape index (κ1) is 28.0. The number of benzene rings is 2. The molecule has 0 aliphatic rings. The number of allylic oxidation sites excluding steroid dienone is 2. The van der Waals surface area contributed by atoms with Crippen LogP contribution in [0.1, 0.15) is 44.1 Å². The van der Waals surface area contributed by atoms with Gasteiger partial charge in [0.15, 0.2) is 0 Å². The minimum absolute atomic E-state index is 0.264. The lowest BCUT2D eigenvalue weighted by Gasteiger charge is -2.13. The molecule has 0 saturated heterocycles. The van der Waals surface area contributed by atoms with Gasteiger partial charge in [-0.05, 0) is 50.6 Å². The summed E-state index contributed by atoms with van der Waals surface area (Å²) in [5, 5.41) is 0. The summed E-state index contributed by atoms with van der Waals surface area (Å²) in [5.41, 5.74) is 15.0. The van der Waals surface area contributed by atoms with E-state index in [1.807, 2.05) is 44.2 Å². The average molecular weight is 569 g/mol. The minimum atomic E-state index is -0.339. The van der Waals surface area contributed by atoms with Gasteiger partial charge in [-0.25, -0.2) is 8.78 Å². The lowest BCUT2D eigenvalue weighted by atomic mass is 10.2. The first-order valence-electron chi connectivity index (χ1n) is 12.3. The molecule has 0 unspecified atom stereocenters. The van der Waals surface area contributed by atoms with Crippen LogP contribution < -0.4 is 16.2 Å². The predicted octanol–water partition coefficient (Wildman–Crippen LogP) is 9.92. The number of hydrogen-bond acceptors (Lipinski definition) is 6. The molecule has 2 aromatic carbocycles. The van der Waals surface area contributed by atoms with Gasteiger partial charge in [-0.2, -0.15) is 0 Å². The van der Waals surface area contributed by atoms with Gasteiger partial charge in [-0.15, -0.1) is 22.7 Å². The zero-order valence-corrected chi connectivity index (χ0v) is 24.0. The van der Waals surface area contributed by atoms with Crippen molar-refractivity contribution in [3.05, 3.63) is 88.8 Å². The normalized spacial score (nSPS) is 12.2. The molecular formula is C30H30F2N2OS3. The van der Waals surface area contributed by atoms with Gasteiger partial charge in [0.05, 0.1) is 27.7 Å². The van der Waals surface area contributed by atoms with Crippen LogP contribution in [0, 0.1) is 11.6 Å². The standard InChI is InChI=1S/C30H30F2N2OS3/c1-4-7-16-35-18-12-13-20(22(32)17-18)23(5-2)36-24(6-3)29-27(33)28(34)30(38-29)26-15-14-25(37-26)19-10-8-9-11-21(19)31/h5-6,8-15,17H,4,7,16,33-34H2,1-3H3/b23-5-,24-6-. The molecular weight excluding hydrogens is 539 g/mol. The molecule has 0 aliphatic carbocycles. The number of hydrogen-bond donors (Lipinski definition) is 2. The molecule has 0 aliphatic heterocycles. The van der Waals surface area contributed by atoms with Crippen LogP contribution in [-0.4, -0.2) is 6.61 Å². The third-order valence-electron chi connectivity index (χ3n) is 5.89. The Morgan fingerprint density at radius 2 is 1.63 bits per heavy atom. The summed E-state index contributed by atoms with van der Waals surface area (Å²) < 4.78 is 35.0. The third kappa shape index (κ3) is 5.98. The summed E-state index contributed by atoms with van der Waals surface area (Å²) in [5.74, 6) is -0.0785. The first-order chi connectivity index (χ1) is 18.4. The van der Waals surface area contributed by atoms with Crippen molar-refractivity contribution in [1.29, 1.82) is 0 Å². The number of thioether (sulfide) groups is 1. The van der Waals surface area contributed by atoms with E-state index in [1.165, 1.54) is 46.6 Å². The molecule has 0 saturated carbocycles. The molecule has 4 N–H and O–H groups in total. The third-order valence-corrected chi connectivity index (χ3v) is 9.91. The monoisotopic (exact) mass is 568 g/mol. The zero-order valence-electron chi connectivity index (χ0n) is 21.5. The van der Waals surface area contributed by atoms with Gasteiger partial charge in [-0.1, -0.05) is 55.5 Å². The topological polar surface area (TPSA) is 61.3 Å². The zero-order chi connectivity index (χ0) is 27.2. The molecule has 4 rings (SSSR count). The number of ether oxygens (including phenoxy) is 1. The molecule has 0 fully saturated rings. The molecule has 2 heterocycles. The molecule has 0 amide bonds. The Morgan fingerprint density at radius 3 is 2.32 bits per heavy atom.